The summed E-state index contributed by atoms with van der Waals surface area (Å²) in [5.41, 5.74) is 2.63. The molecule has 2 heterocycles. The van der Waals surface area contributed by atoms with Crippen molar-refractivity contribution in [2.75, 3.05) is 13.1 Å². The van der Waals surface area contributed by atoms with E-state index in [0.717, 1.165) is 25.9 Å². The highest BCUT2D eigenvalue weighted by Crippen LogP contribution is 2.14. The Morgan fingerprint density at radius 3 is 3.18 bits per heavy atom. The highest BCUT2D eigenvalue weighted by molar-refractivity contribution is 7.13. The highest BCUT2D eigenvalue weighted by atomic mass is 31.0. The van der Waals surface area contributed by atoms with Gasteiger partial charge in [0.05, 0.1) is 5.69 Å². The summed E-state index contributed by atoms with van der Waals surface area (Å²) in [4.78, 5) is 0. The fourth-order valence-corrected chi connectivity index (χ4v) is 1.66. The topological polar surface area (TPSA) is 31.9 Å². The summed E-state index contributed by atoms with van der Waals surface area (Å²) >= 11 is 0. The first-order valence-electron chi connectivity index (χ1n) is 3.87. The third-order valence-corrected chi connectivity index (χ3v) is 2.63. The number of hydrogen-bond donors (Lipinski definition) is 1. The molecule has 4 heteroatoms. The first-order valence-corrected chi connectivity index (χ1v) is 4.39. The maximum Gasteiger partial charge on any atom is 0.0667 e. The minimum absolute atomic E-state index is 1.07. The Bertz CT molecular complexity index is 223. The van der Waals surface area contributed by atoms with Crippen LogP contribution in [0.3, 0.4) is 0 Å². The summed E-state index contributed by atoms with van der Waals surface area (Å²) in [5.74, 6) is 0. The van der Waals surface area contributed by atoms with Gasteiger partial charge >= 0.3 is 0 Å². The highest BCUT2D eigenvalue weighted by Gasteiger charge is 2.12. The normalized spacial score (nSPS) is 19.4. The summed E-state index contributed by atoms with van der Waals surface area (Å²) in [6.45, 7) is 2.22. The molecular formula is C7H12N3P. The second-order valence-corrected chi connectivity index (χ2v) is 3.62. The lowest BCUT2D eigenvalue weighted by Crippen LogP contribution is -2.14. The van der Waals surface area contributed by atoms with Gasteiger partial charge in [0.15, 0.2) is 0 Å². The smallest absolute Gasteiger partial charge is 0.0667 e. The van der Waals surface area contributed by atoms with E-state index in [-0.39, 0.29) is 0 Å². The van der Waals surface area contributed by atoms with Crippen molar-refractivity contribution in [1.82, 2.24) is 14.9 Å². The third kappa shape index (κ3) is 1.44. The van der Waals surface area contributed by atoms with Crippen molar-refractivity contribution in [2.45, 2.75) is 12.8 Å². The van der Waals surface area contributed by atoms with Crippen LogP contribution >= 0.6 is 9.39 Å². The Balaban J connectivity index is 2.20. The van der Waals surface area contributed by atoms with E-state index in [9.17, 15) is 0 Å². The Hall–Kier alpha value is -0.400. The van der Waals surface area contributed by atoms with Crippen LogP contribution in [0.5, 0.6) is 0 Å². The van der Waals surface area contributed by atoms with Gasteiger partial charge in [-0.15, -0.1) is 0 Å². The molecule has 1 unspecified atom stereocenters. The van der Waals surface area contributed by atoms with Crippen LogP contribution in [0.4, 0.5) is 0 Å². The van der Waals surface area contributed by atoms with Gasteiger partial charge in [0.1, 0.15) is 0 Å². The van der Waals surface area contributed by atoms with Crippen LogP contribution in [0.1, 0.15) is 11.3 Å². The van der Waals surface area contributed by atoms with Crippen molar-refractivity contribution in [3.8, 4) is 0 Å². The van der Waals surface area contributed by atoms with Crippen molar-refractivity contribution in [2.24, 2.45) is 0 Å². The molecule has 11 heavy (non-hydrogen) atoms. The van der Waals surface area contributed by atoms with Gasteiger partial charge in [-0.2, -0.15) is 5.10 Å². The Morgan fingerprint density at radius 2 is 2.27 bits per heavy atom. The lowest BCUT2D eigenvalue weighted by atomic mass is 10.2. The Kier molecular flexibility index (Phi) is 1.93. The zero-order valence-electron chi connectivity index (χ0n) is 6.38. The lowest BCUT2D eigenvalue weighted by Gasteiger charge is -2.10. The van der Waals surface area contributed by atoms with E-state index in [1.807, 2.05) is 6.20 Å². The summed E-state index contributed by atoms with van der Waals surface area (Å²) < 4.78 is 2.27. The third-order valence-electron chi connectivity index (χ3n) is 2.11. The van der Waals surface area contributed by atoms with Gasteiger partial charge in [0.25, 0.3) is 0 Å². The van der Waals surface area contributed by atoms with Crippen molar-refractivity contribution in [3.05, 3.63) is 17.5 Å². The molecule has 1 aromatic heterocycles. The molecule has 0 saturated heterocycles. The van der Waals surface area contributed by atoms with Crippen LogP contribution in [0, 0.1) is 0 Å². The number of nitrogens with zero attached hydrogens (tertiary/aromatic N) is 2. The first-order chi connectivity index (χ1) is 5.36. The molecule has 1 aromatic rings. The molecule has 3 nitrogen and oxygen atoms in total. The first kappa shape index (κ1) is 7.26. The van der Waals surface area contributed by atoms with Crippen LogP contribution in [0.2, 0.25) is 0 Å². The van der Waals surface area contributed by atoms with Crippen LogP contribution in [-0.2, 0) is 12.8 Å². The fourth-order valence-electron chi connectivity index (χ4n) is 1.40. The zero-order chi connectivity index (χ0) is 7.68. The van der Waals surface area contributed by atoms with Crippen LogP contribution in [0.15, 0.2) is 6.20 Å². The van der Waals surface area contributed by atoms with Crippen molar-refractivity contribution in [3.63, 3.8) is 0 Å². The predicted molar refractivity (Wildman–Crippen MR) is 47.3 cm³/mol. The minimum Gasteiger partial charge on any atom is -0.287 e. The molecule has 0 spiro atoms. The van der Waals surface area contributed by atoms with Gasteiger partial charge in [-0.05, 0) is 12.0 Å². The quantitative estimate of drug-likeness (QED) is 0.577. The zero-order valence-corrected chi connectivity index (χ0v) is 7.53. The van der Waals surface area contributed by atoms with E-state index in [1.165, 1.54) is 11.3 Å². The van der Waals surface area contributed by atoms with Gasteiger partial charge in [0, 0.05) is 25.7 Å². The van der Waals surface area contributed by atoms with Crippen LogP contribution in [-0.4, -0.2) is 28.0 Å². The van der Waals surface area contributed by atoms with Gasteiger partial charge in [-0.3, -0.25) is 9.77 Å². The van der Waals surface area contributed by atoms with Crippen molar-refractivity contribution >= 4 is 9.39 Å². The van der Waals surface area contributed by atoms with E-state index >= 15 is 0 Å². The summed E-state index contributed by atoms with van der Waals surface area (Å²) in [5, 5.41) is 7.10. The van der Waals surface area contributed by atoms with Crippen molar-refractivity contribution < 1.29 is 0 Å². The van der Waals surface area contributed by atoms with E-state index < -0.39 is 0 Å². The summed E-state index contributed by atoms with van der Waals surface area (Å²) in [6, 6.07) is 0. The second-order valence-electron chi connectivity index (χ2n) is 2.89. The number of fused-ring (bicyclic) bond motifs is 1. The molecule has 0 amide bonds. The van der Waals surface area contributed by atoms with Gasteiger partial charge in [-0.25, -0.2) is 0 Å². The average Bonchev–Trinajstić information content (AvgIpc) is 2.38. The number of aromatic nitrogens is 2. The number of rotatable bonds is 0. The maximum atomic E-state index is 4.19. The molecule has 0 aromatic carbocycles. The van der Waals surface area contributed by atoms with Crippen LogP contribution in [0.25, 0.3) is 0 Å². The van der Waals surface area contributed by atoms with E-state index in [2.05, 4.69) is 24.3 Å². The van der Waals surface area contributed by atoms with Gasteiger partial charge in [-0.1, -0.05) is 9.39 Å². The summed E-state index contributed by atoms with van der Waals surface area (Å²) in [7, 11) is 2.75. The number of aromatic amines is 1. The predicted octanol–water partition coefficient (Wildman–Crippen LogP) is 0.600. The van der Waals surface area contributed by atoms with Crippen molar-refractivity contribution in [1.29, 1.82) is 0 Å². The Morgan fingerprint density at radius 1 is 1.45 bits per heavy atom. The monoisotopic (exact) mass is 169 g/mol. The number of H-pyrrole nitrogens is 1. The molecule has 0 radical (unpaired) electrons. The molecule has 1 aliphatic heterocycles. The standard InChI is InChI=1S/C7H12N3P/c11-10-3-1-6-5-8-9-7(6)2-4-10/h5H,1-4,11H2,(H,8,9). The fraction of sp³-hybridized carbons (Fsp3) is 0.571. The summed E-state index contributed by atoms with van der Waals surface area (Å²) in [6.07, 6.45) is 4.21. The second kappa shape index (κ2) is 2.92. The van der Waals surface area contributed by atoms with Gasteiger partial charge in [0.2, 0.25) is 0 Å². The maximum absolute atomic E-state index is 4.19. The van der Waals surface area contributed by atoms with E-state index in [4.69, 9.17) is 0 Å². The van der Waals surface area contributed by atoms with E-state index in [1.54, 1.807) is 0 Å². The molecule has 1 N–H and O–H groups in total. The molecule has 0 aliphatic carbocycles. The molecule has 0 fully saturated rings. The Labute approximate surface area is 68.4 Å². The molecule has 1 atom stereocenters. The molecule has 60 valence electrons. The number of hydrogen-bond acceptors (Lipinski definition) is 2. The molecule has 0 saturated carbocycles. The molecule has 2 rings (SSSR count). The van der Waals surface area contributed by atoms with Crippen LogP contribution < -0.4 is 0 Å². The lowest BCUT2D eigenvalue weighted by molar-refractivity contribution is 0.490. The molecule has 1 aliphatic rings. The SMILES string of the molecule is PN1CCc2c[nH]nc2CC1. The largest absolute Gasteiger partial charge is 0.287 e. The minimum atomic E-state index is 1.07. The van der Waals surface area contributed by atoms with E-state index in [0.29, 0.717) is 0 Å². The average molecular weight is 169 g/mol. The van der Waals surface area contributed by atoms with Gasteiger partial charge < -0.3 is 0 Å². The molecular weight excluding hydrogens is 157 g/mol. The molecule has 0 bridgehead atoms. The number of nitrogens with one attached hydrogen (secondary N) is 1.